The van der Waals surface area contributed by atoms with Crippen molar-refractivity contribution in [3.63, 3.8) is 0 Å². The summed E-state index contributed by atoms with van der Waals surface area (Å²) in [6.45, 7) is 19.0. The van der Waals surface area contributed by atoms with E-state index >= 15 is 0 Å². The highest BCUT2D eigenvalue weighted by atomic mass is 14.2. The van der Waals surface area contributed by atoms with E-state index in [0.29, 0.717) is 0 Å². The van der Waals surface area contributed by atoms with Crippen molar-refractivity contribution < 1.29 is 0 Å². The molecule has 0 aliphatic heterocycles. The average molecular weight is 511 g/mol. The molecule has 2 atom stereocenters. The van der Waals surface area contributed by atoms with Crippen LogP contribution in [0.1, 0.15) is 115 Å². The van der Waals surface area contributed by atoms with Crippen LogP contribution >= 0.6 is 0 Å². The van der Waals surface area contributed by atoms with E-state index in [1.165, 1.54) is 108 Å². The Morgan fingerprint density at radius 3 is 1.21 bits per heavy atom. The first kappa shape index (κ1) is 28.9. The van der Waals surface area contributed by atoms with Crippen molar-refractivity contribution >= 4 is 32.3 Å². The van der Waals surface area contributed by atoms with Crippen molar-refractivity contribution in [3.05, 3.63) is 58.7 Å². The van der Waals surface area contributed by atoms with Gasteiger partial charge >= 0.3 is 0 Å². The van der Waals surface area contributed by atoms with Crippen LogP contribution in [-0.4, -0.2) is 0 Å². The smallest absolute Gasteiger partial charge is 0.00212 e. The Morgan fingerprint density at radius 2 is 0.842 bits per heavy atom. The summed E-state index contributed by atoms with van der Waals surface area (Å²) in [5.41, 5.74) is 6.00. The molecule has 206 valence electrons. The molecule has 0 bridgehead atoms. The normalized spacial score (nSPS) is 14.1. The lowest BCUT2D eigenvalue weighted by Gasteiger charge is -2.20. The fourth-order valence-electron chi connectivity index (χ4n) is 6.78. The first-order valence-corrected chi connectivity index (χ1v) is 15.8. The maximum Gasteiger partial charge on any atom is -0.00212 e. The fourth-order valence-corrected chi connectivity index (χ4v) is 6.78. The summed E-state index contributed by atoms with van der Waals surface area (Å²) in [5, 5.41) is 8.94. The van der Waals surface area contributed by atoms with Gasteiger partial charge in [-0.25, -0.2) is 0 Å². The topological polar surface area (TPSA) is 0 Å². The Morgan fingerprint density at radius 1 is 0.474 bits per heavy atom. The molecular weight excluding hydrogens is 456 g/mol. The number of hydrogen-bond acceptors (Lipinski definition) is 0. The van der Waals surface area contributed by atoms with Gasteiger partial charge in [-0.2, -0.15) is 0 Å². The van der Waals surface area contributed by atoms with E-state index in [4.69, 9.17) is 0 Å². The lowest BCUT2D eigenvalue weighted by molar-refractivity contribution is 0.437. The molecule has 0 aliphatic rings. The van der Waals surface area contributed by atoms with E-state index in [1.807, 2.05) is 0 Å². The molecule has 4 aromatic rings. The summed E-state index contributed by atoms with van der Waals surface area (Å²) in [6.07, 6.45) is 13.2. The molecule has 0 saturated heterocycles. The van der Waals surface area contributed by atoms with Crippen LogP contribution in [0, 0.1) is 37.5 Å². The van der Waals surface area contributed by atoms with Crippen molar-refractivity contribution in [1.29, 1.82) is 0 Å². The zero-order valence-corrected chi connectivity index (χ0v) is 25.8. The maximum absolute atomic E-state index is 2.50. The Labute approximate surface area is 233 Å². The van der Waals surface area contributed by atoms with Gasteiger partial charge in [0.25, 0.3) is 0 Å². The molecule has 0 amide bonds. The van der Waals surface area contributed by atoms with Crippen LogP contribution in [0.15, 0.2) is 36.4 Å². The first-order valence-electron chi connectivity index (χ1n) is 15.8. The summed E-state index contributed by atoms with van der Waals surface area (Å²) in [4.78, 5) is 0. The van der Waals surface area contributed by atoms with Crippen LogP contribution in [0.25, 0.3) is 32.3 Å². The van der Waals surface area contributed by atoms with Gasteiger partial charge in [-0.15, -0.1) is 0 Å². The molecule has 0 nitrogen and oxygen atoms in total. The predicted molar refractivity (Wildman–Crippen MR) is 172 cm³/mol. The molecular formula is C38H54. The van der Waals surface area contributed by atoms with Gasteiger partial charge in [-0.05, 0) is 118 Å². The zero-order chi connectivity index (χ0) is 27.4. The summed E-state index contributed by atoms with van der Waals surface area (Å²) < 4.78 is 0. The van der Waals surface area contributed by atoms with Crippen LogP contribution in [0.4, 0.5) is 0 Å². The maximum atomic E-state index is 2.50. The van der Waals surface area contributed by atoms with E-state index in [2.05, 4.69) is 91.8 Å². The molecule has 38 heavy (non-hydrogen) atoms. The fraction of sp³-hybridized carbons (Fsp3) is 0.579. The van der Waals surface area contributed by atoms with E-state index < -0.39 is 0 Å². The molecule has 0 N–H and O–H groups in total. The minimum atomic E-state index is 0.795. The third kappa shape index (κ3) is 6.73. The SMILES string of the molecule is Cc1cc(CCC(C)CCCC(C)C)c2ccc3c(C)cc(CCC(C)CCCC(C)C)c4ccc1c2c34. The summed E-state index contributed by atoms with van der Waals surface area (Å²) in [6, 6.07) is 14.7. The number of hydrogen-bond donors (Lipinski definition) is 0. The lowest BCUT2D eigenvalue weighted by Crippen LogP contribution is -2.02. The monoisotopic (exact) mass is 510 g/mol. The van der Waals surface area contributed by atoms with E-state index in [9.17, 15) is 0 Å². The molecule has 0 aliphatic carbocycles. The van der Waals surface area contributed by atoms with E-state index in [-0.39, 0.29) is 0 Å². The second-order valence-corrected chi connectivity index (χ2v) is 13.7. The standard InChI is InChI=1S/C38H54/c1-25(2)11-9-13-27(5)15-17-31-23-29(7)33-20-22-36-32(18-16-28(6)14-10-12-26(3)4)24-30(8)34-19-21-35(31)37(33)38(34)36/h19-28H,9-18H2,1-8H3. The van der Waals surface area contributed by atoms with E-state index in [0.717, 1.165) is 23.7 Å². The Balaban J connectivity index is 1.63. The summed E-state index contributed by atoms with van der Waals surface area (Å²) in [5.74, 6) is 3.24. The summed E-state index contributed by atoms with van der Waals surface area (Å²) in [7, 11) is 0. The lowest BCUT2D eigenvalue weighted by atomic mass is 9.84. The second kappa shape index (κ2) is 12.8. The van der Waals surface area contributed by atoms with Crippen molar-refractivity contribution in [2.75, 3.05) is 0 Å². The van der Waals surface area contributed by atoms with Gasteiger partial charge in [0.1, 0.15) is 0 Å². The van der Waals surface area contributed by atoms with Gasteiger partial charge < -0.3 is 0 Å². The highest BCUT2D eigenvalue weighted by molar-refractivity contribution is 6.25. The van der Waals surface area contributed by atoms with E-state index in [1.54, 1.807) is 11.1 Å². The van der Waals surface area contributed by atoms with Crippen molar-refractivity contribution in [3.8, 4) is 0 Å². The molecule has 0 heterocycles. The van der Waals surface area contributed by atoms with Crippen LogP contribution in [-0.2, 0) is 12.8 Å². The van der Waals surface area contributed by atoms with Gasteiger partial charge in [-0.3, -0.25) is 0 Å². The highest BCUT2D eigenvalue weighted by Gasteiger charge is 2.17. The Hall–Kier alpha value is -2.08. The first-order chi connectivity index (χ1) is 18.2. The van der Waals surface area contributed by atoms with Crippen LogP contribution in [0.2, 0.25) is 0 Å². The Bertz CT molecular complexity index is 1220. The van der Waals surface area contributed by atoms with Crippen LogP contribution in [0.3, 0.4) is 0 Å². The minimum absolute atomic E-state index is 0.795. The van der Waals surface area contributed by atoms with Gasteiger partial charge in [0, 0.05) is 0 Å². The van der Waals surface area contributed by atoms with Gasteiger partial charge in [-0.1, -0.05) is 116 Å². The van der Waals surface area contributed by atoms with Gasteiger partial charge in [0.15, 0.2) is 0 Å². The molecule has 0 aromatic heterocycles. The molecule has 4 aromatic carbocycles. The number of rotatable bonds is 14. The quantitative estimate of drug-likeness (QED) is 0.148. The Kier molecular flexibility index (Phi) is 9.78. The van der Waals surface area contributed by atoms with Gasteiger partial charge in [0.05, 0.1) is 0 Å². The summed E-state index contributed by atoms with van der Waals surface area (Å²) >= 11 is 0. The molecule has 0 fully saturated rings. The van der Waals surface area contributed by atoms with Crippen molar-refractivity contribution in [2.24, 2.45) is 23.7 Å². The highest BCUT2D eigenvalue weighted by Crippen LogP contribution is 2.41. The molecule has 2 unspecified atom stereocenters. The molecule has 0 heteroatoms. The van der Waals surface area contributed by atoms with Crippen LogP contribution in [0.5, 0.6) is 0 Å². The molecule has 0 spiro atoms. The predicted octanol–water partition coefficient (Wildman–Crippen LogP) is 12.0. The van der Waals surface area contributed by atoms with Crippen LogP contribution < -0.4 is 0 Å². The molecule has 0 saturated carbocycles. The number of benzene rings is 4. The minimum Gasteiger partial charge on any atom is -0.0628 e. The average Bonchev–Trinajstić information content (AvgIpc) is 2.86. The van der Waals surface area contributed by atoms with Gasteiger partial charge in [0.2, 0.25) is 0 Å². The third-order valence-electron chi connectivity index (χ3n) is 9.25. The second-order valence-electron chi connectivity index (χ2n) is 13.7. The third-order valence-corrected chi connectivity index (χ3v) is 9.25. The zero-order valence-electron chi connectivity index (χ0n) is 25.8. The van der Waals surface area contributed by atoms with Crippen molar-refractivity contribution in [2.45, 2.75) is 120 Å². The molecule has 4 rings (SSSR count). The largest absolute Gasteiger partial charge is 0.0628 e. The van der Waals surface area contributed by atoms with Crippen molar-refractivity contribution in [1.82, 2.24) is 0 Å². The number of aryl methyl sites for hydroxylation is 4. The molecule has 0 radical (unpaired) electrons.